The molecule has 2 bridgehead atoms. The number of carbonyl (C=O) groups is 4. The number of benzene rings is 1. The second kappa shape index (κ2) is 14.3. The Morgan fingerprint density at radius 3 is 1.97 bits per heavy atom. The zero-order valence-corrected chi connectivity index (χ0v) is 21.2. The van der Waals surface area contributed by atoms with E-state index in [0.717, 1.165) is 12.0 Å². The van der Waals surface area contributed by atoms with Gasteiger partial charge in [0.15, 0.2) is 6.10 Å². The van der Waals surface area contributed by atoms with Gasteiger partial charge >= 0.3 is 11.9 Å². The summed E-state index contributed by atoms with van der Waals surface area (Å²) in [4.78, 5) is 57.3. The molecule has 1 aromatic carbocycles. The first kappa shape index (κ1) is 29.7. The lowest BCUT2D eigenvalue weighted by Crippen LogP contribution is -2.50. The molecule has 13 heteroatoms. The highest BCUT2D eigenvalue weighted by atomic mass is 16.6. The Hall–Kier alpha value is -3.48. The Bertz CT molecular complexity index is 1010. The van der Waals surface area contributed by atoms with Crippen molar-refractivity contribution in [2.45, 2.75) is 24.4 Å². The van der Waals surface area contributed by atoms with Gasteiger partial charge in [-0.15, -0.1) is 0 Å². The van der Waals surface area contributed by atoms with E-state index in [1.807, 2.05) is 0 Å². The van der Waals surface area contributed by atoms with Crippen molar-refractivity contribution in [2.75, 3.05) is 53.5 Å². The lowest BCUT2D eigenvalue weighted by atomic mass is 9.78. The zero-order chi connectivity index (χ0) is 27.5. The fourth-order valence-electron chi connectivity index (χ4n) is 4.49. The van der Waals surface area contributed by atoms with Crippen LogP contribution in [0.1, 0.15) is 0 Å². The molecule has 6 atom stereocenters. The molecule has 3 aliphatic heterocycles. The third kappa shape index (κ3) is 6.45. The number of carbonyl (C=O) groups excluding carboxylic acids is 4. The van der Waals surface area contributed by atoms with Crippen LogP contribution in [-0.4, -0.2) is 108 Å². The van der Waals surface area contributed by atoms with Gasteiger partial charge in [-0.3, -0.25) is 9.59 Å². The molecule has 0 aliphatic carbocycles. The van der Waals surface area contributed by atoms with Gasteiger partial charge in [-0.1, -0.05) is 18.2 Å². The number of aliphatic hydroxyl groups excluding tert-OH is 1. The molecular formula is C24H31N3O10. The van der Waals surface area contributed by atoms with Crippen molar-refractivity contribution in [1.29, 1.82) is 0 Å². The van der Waals surface area contributed by atoms with Crippen LogP contribution >= 0.6 is 0 Å². The minimum atomic E-state index is -0.872. The van der Waals surface area contributed by atoms with Gasteiger partial charge in [0.2, 0.25) is 11.8 Å². The van der Waals surface area contributed by atoms with Crippen molar-refractivity contribution in [3.8, 4) is 0 Å². The minimum absolute atomic E-state index is 0.350. The predicted octanol–water partition coefficient (Wildman–Crippen LogP) is -0.282. The van der Waals surface area contributed by atoms with Crippen LogP contribution in [0.25, 0.3) is 0 Å². The van der Waals surface area contributed by atoms with Gasteiger partial charge in [0.25, 0.3) is 0 Å². The average molecular weight is 522 g/mol. The molecule has 3 aliphatic rings. The van der Waals surface area contributed by atoms with Crippen molar-refractivity contribution in [3.63, 3.8) is 0 Å². The number of fused-ring (bicyclic) bond motifs is 5. The van der Waals surface area contributed by atoms with Crippen molar-refractivity contribution >= 4 is 35.4 Å². The molecule has 3 heterocycles. The van der Waals surface area contributed by atoms with Crippen LogP contribution in [0.4, 0.5) is 5.69 Å². The van der Waals surface area contributed by atoms with Crippen LogP contribution in [0.5, 0.6) is 0 Å². The van der Waals surface area contributed by atoms with E-state index in [9.17, 15) is 19.2 Å². The van der Waals surface area contributed by atoms with Gasteiger partial charge in [-0.05, 0) is 12.1 Å². The van der Waals surface area contributed by atoms with Gasteiger partial charge in [-0.2, -0.15) is 0 Å². The molecule has 13 nitrogen and oxygen atoms in total. The molecule has 4 unspecified atom stereocenters. The maximum atomic E-state index is 13.1. The lowest BCUT2D eigenvalue weighted by Gasteiger charge is -2.31. The number of methoxy groups -OCH3 is 2. The summed E-state index contributed by atoms with van der Waals surface area (Å²) >= 11 is 0. The van der Waals surface area contributed by atoms with E-state index in [2.05, 4.69) is 20.7 Å². The highest BCUT2D eigenvalue weighted by molar-refractivity contribution is 6.22. The van der Waals surface area contributed by atoms with Crippen molar-refractivity contribution in [3.05, 3.63) is 30.3 Å². The van der Waals surface area contributed by atoms with Crippen LogP contribution in [0.3, 0.4) is 0 Å². The molecule has 3 fully saturated rings. The monoisotopic (exact) mass is 521 g/mol. The predicted molar refractivity (Wildman–Crippen MR) is 128 cm³/mol. The highest BCUT2D eigenvalue weighted by Crippen LogP contribution is 2.51. The molecule has 0 radical (unpaired) electrons. The molecular weight excluding hydrogens is 490 g/mol. The van der Waals surface area contributed by atoms with Gasteiger partial charge in [-0.25, -0.2) is 24.5 Å². The van der Waals surface area contributed by atoms with Gasteiger partial charge in [0, 0.05) is 28.3 Å². The summed E-state index contributed by atoms with van der Waals surface area (Å²) in [5.74, 6) is -3.56. The van der Waals surface area contributed by atoms with Gasteiger partial charge in [0.05, 0.1) is 30.6 Å². The number of amides is 2. The smallest absolute Gasteiger partial charge is 0.332 e. The van der Waals surface area contributed by atoms with E-state index < -0.39 is 61.4 Å². The standard InChI is InChI=1S/C20H21NO9.C3H6N2.CH4O/c1-26-11(22)8-28-9-12(23)29-18-16-14-13(15(30-16)17(18)27-2)19(24)21(20(14)25)10-6-4-3-5-7-10;1-4-3-5-2;1-2/h3-7,13-18H,8-9H2,1-2H3;1-2H3;2H,1H3/t13?,14?,15-,16?,17+,18?;;/m0../s1. The van der Waals surface area contributed by atoms with E-state index in [1.165, 1.54) is 14.2 Å². The van der Waals surface area contributed by atoms with E-state index in [4.69, 9.17) is 24.1 Å². The topological polar surface area (TPSA) is 163 Å². The number of hydrogen-bond donors (Lipinski definition) is 1. The Labute approximate surface area is 214 Å². The third-order valence-electron chi connectivity index (χ3n) is 5.81. The number of hydrogen-bond acceptors (Lipinski definition) is 12. The number of rotatable bonds is 7. The quantitative estimate of drug-likeness (QED) is 0.287. The van der Waals surface area contributed by atoms with Gasteiger partial charge < -0.3 is 28.8 Å². The number of aliphatic hydroxyl groups is 1. The lowest BCUT2D eigenvalue weighted by molar-refractivity contribution is -0.167. The Kier molecular flexibility index (Phi) is 11.5. The second-order valence-electron chi connectivity index (χ2n) is 7.74. The van der Waals surface area contributed by atoms with Gasteiger partial charge in [0.1, 0.15) is 31.5 Å². The maximum absolute atomic E-state index is 13.1. The summed E-state index contributed by atoms with van der Waals surface area (Å²) in [5, 5.41) is 7.00. The van der Waals surface area contributed by atoms with Crippen molar-refractivity contribution < 1.29 is 48.0 Å². The molecule has 4 rings (SSSR count). The molecule has 1 aromatic rings. The Morgan fingerprint density at radius 2 is 1.49 bits per heavy atom. The Balaban J connectivity index is 0.000000617. The number of esters is 2. The van der Waals surface area contributed by atoms with Crippen LogP contribution in [0, 0.1) is 11.8 Å². The number of nitrogens with zero attached hydrogens (tertiary/aromatic N) is 3. The molecule has 0 aromatic heterocycles. The van der Waals surface area contributed by atoms with Crippen LogP contribution in [-0.2, 0) is 42.9 Å². The number of anilines is 1. The molecule has 202 valence electrons. The highest BCUT2D eigenvalue weighted by Gasteiger charge is 2.70. The number of imide groups is 1. The zero-order valence-electron chi connectivity index (χ0n) is 21.2. The van der Waals surface area contributed by atoms with E-state index in [0.29, 0.717) is 5.69 Å². The number of aliphatic imine (C=N–C) groups is 2. The summed E-state index contributed by atoms with van der Waals surface area (Å²) in [6.45, 7) is -0.868. The fraction of sp³-hybridized carbons (Fsp3) is 0.542. The summed E-state index contributed by atoms with van der Waals surface area (Å²) in [5.41, 5.74) is 0.486. The first-order valence-electron chi connectivity index (χ1n) is 11.2. The van der Waals surface area contributed by atoms with E-state index >= 15 is 0 Å². The maximum Gasteiger partial charge on any atom is 0.332 e. The molecule has 37 heavy (non-hydrogen) atoms. The minimum Gasteiger partial charge on any atom is -0.467 e. The van der Waals surface area contributed by atoms with Crippen molar-refractivity contribution in [2.24, 2.45) is 21.8 Å². The van der Waals surface area contributed by atoms with Crippen molar-refractivity contribution in [1.82, 2.24) is 0 Å². The summed E-state index contributed by atoms with van der Waals surface area (Å²) < 4.78 is 26.1. The largest absolute Gasteiger partial charge is 0.467 e. The number of para-hydroxylation sites is 1. The van der Waals surface area contributed by atoms with E-state index in [-0.39, 0.29) is 11.8 Å². The van der Waals surface area contributed by atoms with E-state index in [1.54, 1.807) is 44.4 Å². The first-order chi connectivity index (χ1) is 17.9. The molecule has 3 saturated heterocycles. The molecule has 0 saturated carbocycles. The summed E-state index contributed by atoms with van der Waals surface area (Å²) in [6.07, 6.45) is -3.08. The Morgan fingerprint density at radius 1 is 0.946 bits per heavy atom. The normalized spacial score (nSPS) is 26.6. The molecule has 1 N–H and O–H groups in total. The first-order valence-corrected chi connectivity index (χ1v) is 11.2. The fourth-order valence-corrected chi connectivity index (χ4v) is 4.49. The number of ether oxygens (including phenoxy) is 5. The van der Waals surface area contributed by atoms with Crippen LogP contribution in [0.15, 0.2) is 40.3 Å². The second-order valence-corrected chi connectivity index (χ2v) is 7.74. The van der Waals surface area contributed by atoms with Crippen LogP contribution in [0.2, 0.25) is 0 Å². The average Bonchev–Trinajstić information content (AvgIpc) is 3.55. The molecule has 2 amide bonds. The molecule has 0 spiro atoms. The summed E-state index contributed by atoms with van der Waals surface area (Å²) in [7, 11) is 6.89. The third-order valence-corrected chi connectivity index (χ3v) is 5.81. The SMILES string of the molecule is CN=C=NC.CO.COC(=O)COCC(=O)OC1C2O[C@@H](C3C(=O)N(c4ccccc4)C(=O)C23)[C@H]1OC. The summed E-state index contributed by atoms with van der Waals surface area (Å²) in [6, 6.07) is 11.0. The van der Waals surface area contributed by atoms with Crippen LogP contribution < -0.4 is 4.90 Å².